The Kier molecular flexibility index (Phi) is 10.8. The van der Waals surface area contributed by atoms with Gasteiger partial charge in [-0.05, 0) is 56.4 Å². The number of hydrogen-bond donors (Lipinski definition) is 1. The zero-order valence-corrected chi connectivity index (χ0v) is 22.3. The topological polar surface area (TPSA) is 86.8 Å². The van der Waals surface area contributed by atoms with E-state index in [2.05, 4.69) is 5.32 Å². The van der Waals surface area contributed by atoms with Crippen LogP contribution < -0.4 is 9.62 Å². The van der Waals surface area contributed by atoms with Gasteiger partial charge in [-0.25, -0.2) is 8.42 Å². The average molecular weight is 502 g/mol. The molecular formula is C27H39N3O4S. The van der Waals surface area contributed by atoms with Crippen molar-refractivity contribution in [1.82, 2.24) is 10.2 Å². The molecule has 2 atom stereocenters. The summed E-state index contributed by atoms with van der Waals surface area (Å²) in [5.41, 5.74) is 2.64. The van der Waals surface area contributed by atoms with Crippen molar-refractivity contribution in [3.63, 3.8) is 0 Å². The molecule has 0 saturated carbocycles. The van der Waals surface area contributed by atoms with Crippen LogP contribution in [0.2, 0.25) is 0 Å². The third-order valence-corrected chi connectivity index (χ3v) is 7.34. The molecule has 0 heterocycles. The first-order chi connectivity index (χ1) is 16.6. The largest absolute Gasteiger partial charge is 0.352 e. The molecule has 2 amide bonds. The highest BCUT2D eigenvalue weighted by Crippen LogP contribution is 2.20. The van der Waals surface area contributed by atoms with Gasteiger partial charge < -0.3 is 10.2 Å². The number of carbonyl (C=O) groups excluding carboxylic acids is 2. The predicted molar refractivity (Wildman–Crippen MR) is 142 cm³/mol. The monoisotopic (exact) mass is 501 g/mol. The smallest absolute Gasteiger partial charge is 0.242 e. The molecule has 0 unspecified atom stereocenters. The summed E-state index contributed by atoms with van der Waals surface area (Å²) in [6, 6.07) is 16.3. The van der Waals surface area contributed by atoms with Crippen molar-refractivity contribution in [3.05, 3.63) is 65.7 Å². The van der Waals surface area contributed by atoms with Crippen molar-refractivity contribution in [1.29, 1.82) is 0 Å². The number of anilines is 1. The maximum atomic E-state index is 13.3. The molecule has 1 N–H and O–H groups in total. The van der Waals surface area contributed by atoms with Gasteiger partial charge in [-0.3, -0.25) is 13.9 Å². The normalized spacial score (nSPS) is 13.1. The molecule has 2 rings (SSSR count). The van der Waals surface area contributed by atoms with E-state index in [9.17, 15) is 18.0 Å². The Bertz CT molecular complexity index is 1060. The second-order valence-electron chi connectivity index (χ2n) is 8.96. The van der Waals surface area contributed by atoms with E-state index in [1.807, 2.05) is 63.2 Å². The Morgan fingerprint density at radius 2 is 1.57 bits per heavy atom. The Balaban J connectivity index is 2.13. The first kappa shape index (κ1) is 28.4. The number of amides is 2. The van der Waals surface area contributed by atoms with Crippen LogP contribution in [0.5, 0.6) is 0 Å². The summed E-state index contributed by atoms with van der Waals surface area (Å²) < 4.78 is 26.2. The quantitative estimate of drug-likeness (QED) is 0.447. The number of sulfonamides is 1. The van der Waals surface area contributed by atoms with E-state index in [0.717, 1.165) is 24.0 Å². The summed E-state index contributed by atoms with van der Waals surface area (Å²) in [6.07, 6.45) is 3.31. The number of nitrogens with zero attached hydrogens (tertiary/aromatic N) is 2. The van der Waals surface area contributed by atoms with Crippen molar-refractivity contribution in [2.24, 2.45) is 0 Å². The van der Waals surface area contributed by atoms with Gasteiger partial charge in [0.2, 0.25) is 21.8 Å². The third kappa shape index (κ3) is 8.69. The van der Waals surface area contributed by atoms with Crippen LogP contribution in [-0.4, -0.2) is 50.0 Å². The summed E-state index contributed by atoms with van der Waals surface area (Å²) in [4.78, 5) is 27.7. The third-order valence-electron chi connectivity index (χ3n) is 6.15. The molecule has 8 heteroatoms. The molecule has 0 aromatic heterocycles. The number of carbonyl (C=O) groups is 2. The van der Waals surface area contributed by atoms with E-state index in [1.165, 1.54) is 10.6 Å². The Morgan fingerprint density at radius 3 is 2.11 bits per heavy atom. The summed E-state index contributed by atoms with van der Waals surface area (Å²) in [6.45, 7) is 8.19. The van der Waals surface area contributed by atoms with Gasteiger partial charge in [-0.2, -0.15) is 0 Å². The van der Waals surface area contributed by atoms with Gasteiger partial charge in [0.05, 0.1) is 11.9 Å². The van der Waals surface area contributed by atoms with Gasteiger partial charge in [0.15, 0.2) is 0 Å². The van der Waals surface area contributed by atoms with Crippen LogP contribution in [-0.2, 0) is 32.6 Å². The highest BCUT2D eigenvalue weighted by atomic mass is 32.2. The van der Waals surface area contributed by atoms with Crippen LogP contribution in [0.1, 0.15) is 58.1 Å². The molecular weight excluding hydrogens is 462 g/mol. The van der Waals surface area contributed by atoms with Gasteiger partial charge in [0, 0.05) is 25.6 Å². The fourth-order valence-electron chi connectivity index (χ4n) is 3.73. The van der Waals surface area contributed by atoms with E-state index >= 15 is 0 Å². The van der Waals surface area contributed by atoms with Gasteiger partial charge in [0.25, 0.3) is 0 Å². The minimum absolute atomic E-state index is 0.0149. The number of nitrogens with one attached hydrogen (secondary N) is 1. The molecule has 35 heavy (non-hydrogen) atoms. The zero-order valence-electron chi connectivity index (χ0n) is 21.5. The first-order valence-corrected chi connectivity index (χ1v) is 14.1. The van der Waals surface area contributed by atoms with Crippen LogP contribution >= 0.6 is 0 Å². The summed E-state index contributed by atoms with van der Waals surface area (Å²) in [5, 5.41) is 2.96. The average Bonchev–Trinajstić information content (AvgIpc) is 2.84. The molecule has 0 saturated heterocycles. The highest BCUT2D eigenvalue weighted by molar-refractivity contribution is 7.92. The Hall–Kier alpha value is -2.87. The lowest BCUT2D eigenvalue weighted by molar-refractivity contribution is -0.140. The molecule has 0 bridgehead atoms. The van der Waals surface area contributed by atoms with Crippen molar-refractivity contribution >= 4 is 27.5 Å². The highest BCUT2D eigenvalue weighted by Gasteiger charge is 2.27. The lowest BCUT2D eigenvalue weighted by atomic mass is 10.1. The Morgan fingerprint density at radius 1 is 0.943 bits per heavy atom. The lowest BCUT2D eigenvalue weighted by Gasteiger charge is -2.30. The van der Waals surface area contributed by atoms with Crippen molar-refractivity contribution in [2.75, 3.05) is 17.1 Å². The van der Waals surface area contributed by atoms with Crippen molar-refractivity contribution in [3.8, 4) is 0 Å². The van der Waals surface area contributed by atoms with Crippen LogP contribution in [0, 0.1) is 0 Å². The summed E-state index contributed by atoms with van der Waals surface area (Å²) in [7, 11) is -3.51. The van der Waals surface area contributed by atoms with E-state index in [-0.39, 0.29) is 30.8 Å². The van der Waals surface area contributed by atoms with Gasteiger partial charge >= 0.3 is 0 Å². The SMILES string of the molecule is CCc1ccc(N(CCCC(=O)N(Cc2ccccc2)[C@H](C)C(=O)N[C@H](C)CC)S(C)(=O)=O)cc1. The summed E-state index contributed by atoms with van der Waals surface area (Å²) >= 11 is 0. The maximum Gasteiger partial charge on any atom is 0.242 e. The van der Waals surface area contributed by atoms with Crippen LogP contribution in [0.3, 0.4) is 0 Å². The van der Waals surface area contributed by atoms with Crippen LogP contribution in [0.4, 0.5) is 5.69 Å². The number of aryl methyl sites for hydroxylation is 1. The number of benzene rings is 2. The molecule has 0 radical (unpaired) electrons. The standard InChI is InChI=1S/C27H39N3O4S/c1-6-21(3)28-27(32)22(4)29(20-24-12-9-8-10-13-24)26(31)14-11-19-30(35(5,33)34)25-17-15-23(7-2)16-18-25/h8-10,12-13,15-18,21-22H,6-7,11,14,19-20H2,1-5H3,(H,28,32)/t21-,22-/m1/s1. The van der Waals surface area contributed by atoms with E-state index < -0.39 is 16.1 Å². The fraction of sp³-hybridized carbons (Fsp3) is 0.481. The van der Waals surface area contributed by atoms with Gasteiger partial charge in [-0.15, -0.1) is 0 Å². The maximum absolute atomic E-state index is 13.3. The molecule has 0 aliphatic carbocycles. The van der Waals surface area contributed by atoms with Crippen molar-refractivity contribution < 1.29 is 18.0 Å². The molecule has 2 aromatic carbocycles. The van der Waals surface area contributed by atoms with E-state index in [4.69, 9.17) is 0 Å². The number of rotatable bonds is 13. The minimum atomic E-state index is -3.51. The number of hydrogen-bond acceptors (Lipinski definition) is 4. The lowest BCUT2D eigenvalue weighted by Crippen LogP contribution is -2.49. The molecule has 0 fully saturated rings. The molecule has 0 spiro atoms. The molecule has 192 valence electrons. The first-order valence-electron chi connectivity index (χ1n) is 12.3. The molecule has 0 aliphatic rings. The molecule has 7 nitrogen and oxygen atoms in total. The molecule has 2 aromatic rings. The van der Waals surface area contributed by atoms with Crippen LogP contribution in [0.25, 0.3) is 0 Å². The van der Waals surface area contributed by atoms with Crippen molar-refractivity contribution in [2.45, 2.75) is 72.0 Å². The van der Waals surface area contributed by atoms with E-state index in [1.54, 1.807) is 24.0 Å². The second-order valence-corrected chi connectivity index (χ2v) is 10.9. The molecule has 0 aliphatic heterocycles. The van der Waals surface area contributed by atoms with Crippen LogP contribution in [0.15, 0.2) is 54.6 Å². The minimum Gasteiger partial charge on any atom is -0.352 e. The van der Waals surface area contributed by atoms with E-state index in [0.29, 0.717) is 18.7 Å². The summed E-state index contributed by atoms with van der Waals surface area (Å²) in [5.74, 6) is -0.382. The van der Waals surface area contributed by atoms with Gasteiger partial charge in [-0.1, -0.05) is 56.3 Å². The zero-order chi connectivity index (χ0) is 26.0. The second kappa shape index (κ2) is 13.3. The Labute approximate surface area is 210 Å². The van der Waals surface area contributed by atoms with Gasteiger partial charge in [0.1, 0.15) is 6.04 Å². The predicted octanol–water partition coefficient (Wildman–Crippen LogP) is 4.13. The fourth-order valence-corrected chi connectivity index (χ4v) is 4.70.